The maximum absolute atomic E-state index is 5.95. The number of pyridine rings is 1. The van der Waals surface area contributed by atoms with Crippen molar-refractivity contribution in [3.05, 3.63) is 27.4 Å². The van der Waals surface area contributed by atoms with E-state index in [2.05, 4.69) is 46.7 Å². The lowest BCUT2D eigenvalue weighted by Gasteiger charge is -2.14. The van der Waals surface area contributed by atoms with E-state index < -0.39 is 0 Å². The average molecular weight is 380 g/mol. The Hall–Kier alpha value is -1.36. The van der Waals surface area contributed by atoms with Crippen LogP contribution in [0.2, 0.25) is 0 Å². The molecule has 1 aliphatic carbocycles. The highest BCUT2D eigenvalue weighted by Gasteiger charge is 2.20. The highest BCUT2D eigenvalue weighted by atomic mass is 79.9. The molecule has 0 saturated heterocycles. The van der Waals surface area contributed by atoms with Crippen molar-refractivity contribution in [2.24, 2.45) is 10.9 Å². The van der Waals surface area contributed by atoms with Crippen LogP contribution in [-0.4, -0.2) is 36.4 Å². The SMILES string of the molecule is CCN(C)/C=N/c1cc(Br)c(OCC2CC(C)=C(C)C2)nc1C. The maximum Gasteiger partial charge on any atom is 0.228 e. The largest absolute Gasteiger partial charge is 0.477 e. The van der Waals surface area contributed by atoms with E-state index in [9.17, 15) is 0 Å². The molecule has 0 fully saturated rings. The molecule has 0 spiro atoms. The summed E-state index contributed by atoms with van der Waals surface area (Å²) >= 11 is 3.55. The number of hydrogen-bond donors (Lipinski definition) is 0. The summed E-state index contributed by atoms with van der Waals surface area (Å²) in [5.41, 5.74) is 4.75. The molecular formula is C18H26BrN3O. The van der Waals surface area contributed by atoms with Crippen molar-refractivity contribution >= 4 is 28.0 Å². The third-order valence-electron chi connectivity index (χ3n) is 4.37. The summed E-state index contributed by atoms with van der Waals surface area (Å²) in [6.07, 6.45) is 4.09. The lowest BCUT2D eigenvalue weighted by Crippen LogP contribution is -2.14. The lowest BCUT2D eigenvalue weighted by atomic mass is 10.1. The smallest absolute Gasteiger partial charge is 0.228 e. The fraction of sp³-hybridized carbons (Fsp3) is 0.556. The number of hydrogen-bond acceptors (Lipinski definition) is 3. The predicted octanol–water partition coefficient (Wildman–Crippen LogP) is 4.89. The van der Waals surface area contributed by atoms with Crippen LogP contribution >= 0.6 is 15.9 Å². The molecule has 0 bridgehead atoms. The maximum atomic E-state index is 5.95. The highest BCUT2D eigenvalue weighted by Crippen LogP contribution is 2.33. The molecule has 126 valence electrons. The van der Waals surface area contributed by atoms with E-state index in [1.165, 1.54) is 11.1 Å². The number of ether oxygens (including phenoxy) is 1. The van der Waals surface area contributed by atoms with E-state index >= 15 is 0 Å². The van der Waals surface area contributed by atoms with Crippen molar-refractivity contribution in [3.63, 3.8) is 0 Å². The summed E-state index contributed by atoms with van der Waals surface area (Å²) < 4.78 is 6.81. The molecule has 4 nitrogen and oxygen atoms in total. The Morgan fingerprint density at radius 2 is 2.00 bits per heavy atom. The van der Waals surface area contributed by atoms with E-state index in [-0.39, 0.29) is 0 Å². The van der Waals surface area contributed by atoms with Crippen molar-refractivity contribution in [2.45, 2.75) is 40.5 Å². The summed E-state index contributed by atoms with van der Waals surface area (Å²) in [6.45, 7) is 10.1. The minimum atomic E-state index is 0.569. The Labute approximate surface area is 147 Å². The first-order valence-corrected chi connectivity index (χ1v) is 8.89. The molecule has 1 aromatic heterocycles. The van der Waals surface area contributed by atoms with Gasteiger partial charge in [0, 0.05) is 19.5 Å². The fourth-order valence-corrected chi connectivity index (χ4v) is 3.04. The van der Waals surface area contributed by atoms with Crippen molar-refractivity contribution in [2.75, 3.05) is 20.2 Å². The minimum Gasteiger partial charge on any atom is -0.477 e. The quantitative estimate of drug-likeness (QED) is 0.401. The van der Waals surface area contributed by atoms with E-state index in [4.69, 9.17) is 4.74 Å². The van der Waals surface area contributed by atoms with E-state index in [1.54, 1.807) is 0 Å². The van der Waals surface area contributed by atoms with Gasteiger partial charge in [-0.2, -0.15) is 0 Å². The van der Waals surface area contributed by atoms with Gasteiger partial charge in [0.15, 0.2) is 0 Å². The number of rotatable bonds is 6. The number of nitrogens with zero attached hydrogens (tertiary/aromatic N) is 3. The van der Waals surface area contributed by atoms with Gasteiger partial charge in [0.05, 0.1) is 28.8 Å². The molecule has 0 aromatic carbocycles. The Kier molecular flexibility index (Phi) is 6.22. The van der Waals surface area contributed by atoms with Gasteiger partial charge in [-0.05, 0) is 62.5 Å². The molecule has 0 radical (unpaired) electrons. The third kappa shape index (κ3) is 4.80. The zero-order chi connectivity index (χ0) is 17.0. The zero-order valence-electron chi connectivity index (χ0n) is 14.7. The summed E-state index contributed by atoms with van der Waals surface area (Å²) in [7, 11) is 2.00. The van der Waals surface area contributed by atoms with Crippen molar-refractivity contribution in [1.29, 1.82) is 0 Å². The van der Waals surface area contributed by atoms with Crippen LogP contribution in [0, 0.1) is 12.8 Å². The molecule has 0 aliphatic heterocycles. The number of aromatic nitrogens is 1. The van der Waals surface area contributed by atoms with Crippen LogP contribution < -0.4 is 4.74 Å². The Morgan fingerprint density at radius 3 is 2.61 bits per heavy atom. The molecule has 23 heavy (non-hydrogen) atoms. The van der Waals surface area contributed by atoms with Gasteiger partial charge in [-0.3, -0.25) is 0 Å². The second kappa shape index (κ2) is 7.95. The van der Waals surface area contributed by atoms with Gasteiger partial charge >= 0.3 is 0 Å². The van der Waals surface area contributed by atoms with Gasteiger partial charge < -0.3 is 9.64 Å². The Bertz CT molecular complexity index is 611. The number of halogens is 1. The van der Waals surface area contributed by atoms with Gasteiger partial charge in [-0.15, -0.1) is 0 Å². The molecule has 2 rings (SSSR count). The van der Waals surface area contributed by atoms with Crippen molar-refractivity contribution < 1.29 is 4.74 Å². The molecule has 1 aliphatic rings. The Balaban J connectivity index is 2.01. The first-order chi connectivity index (χ1) is 10.9. The molecule has 5 heteroatoms. The molecule has 0 atom stereocenters. The minimum absolute atomic E-state index is 0.569. The van der Waals surface area contributed by atoms with Crippen LogP contribution in [-0.2, 0) is 0 Å². The van der Waals surface area contributed by atoms with Crippen LogP contribution in [0.15, 0.2) is 26.7 Å². The standard InChI is InChI=1S/C18H26BrN3O/c1-6-22(5)11-20-17-9-16(19)18(21-14(17)4)23-10-15-7-12(2)13(3)8-15/h9,11,15H,6-8,10H2,1-5H3/b20-11+. The number of aliphatic imine (C=N–C) groups is 1. The van der Waals surface area contributed by atoms with Gasteiger partial charge in [-0.1, -0.05) is 11.1 Å². The van der Waals surface area contributed by atoms with E-state index in [1.807, 2.05) is 31.3 Å². The highest BCUT2D eigenvalue weighted by molar-refractivity contribution is 9.10. The van der Waals surface area contributed by atoms with Gasteiger partial charge in [0.1, 0.15) is 0 Å². The monoisotopic (exact) mass is 379 g/mol. The first-order valence-electron chi connectivity index (χ1n) is 8.10. The molecule has 0 N–H and O–H groups in total. The summed E-state index contributed by atoms with van der Waals surface area (Å²) in [5.74, 6) is 1.23. The number of aryl methyl sites for hydroxylation is 1. The fourth-order valence-electron chi connectivity index (χ4n) is 2.62. The normalized spacial score (nSPS) is 15.7. The average Bonchev–Trinajstić information content (AvgIpc) is 2.84. The van der Waals surface area contributed by atoms with Gasteiger partial charge in [-0.25, -0.2) is 9.98 Å². The van der Waals surface area contributed by atoms with Gasteiger partial charge in [0.2, 0.25) is 5.88 Å². The number of allylic oxidation sites excluding steroid dienone is 2. The van der Waals surface area contributed by atoms with Crippen LogP contribution in [0.25, 0.3) is 0 Å². The second-order valence-corrected chi connectivity index (χ2v) is 7.20. The molecular weight excluding hydrogens is 354 g/mol. The summed E-state index contributed by atoms with van der Waals surface area (Å²) in [5, 5.41) is 0. The van der Waals surface area contributed by atoms with Crippen LogP contribution in [0.4, 0.5) is 5.69 Å². The molecule has 1 aromatic rings. The summed E-state index contributed by atoms with van der Waals surface area (Å²) in [6, 6.07) is 1.97. The van der Waals surface area contributed by atoms with E-state index in [0.29, 0.717) is 18.4 Å². The van der Waals surface area contributed by atoms with Crippen LogP contribution in [0.1, 0.15) is 39.3 Å². The molecule has 0 saturated carbocycles. The molecule has 0 amide bonds. The Morgan fingerprint density at radius 1 is 1.35 bits per heavy atom. The zero-order valence-corrected chi connectivity index (χ0v) is 16.3. The van der Waals surface area contributed by atoms with E-state index in [0.717, 1.165) is 35.2 Å². The third-order valence-corrected chi connectivity index (χ3v) is 4.94. The van der Waals surface area contributed by atoms with Crippen molar-refractivity contribution in [3.8, 4) is 5.88 Å². The lowest BCUT2D eigenvalue weighted by molar-refractivity contribution is 0.243. The molecule has 1 heterocycles. The van der Waals surface area contributed by atoms with Crippen molar-refractivity contribution in [1.82, 2.24) is 9.88 Å². The molecule has 0 unspecified atom stereocenters. The van der Waals surface area contributed by atoms with Gasteiger partial charge in [0.25, 0.3) is 0 Å². The second-order valence-electron chi connectivity index (χ2n) is 6.34. The summed E-state index contributed by atoms with van der Waals surface area (Å²) in [4.78, 5) is 11.1. The van der Waals surface area contributed by atoms with Crippen LogP contribution in [0.5, 0.6) is 5.88 Å². The topological polar surface area (TPSA) is 37.7 Å². The predicted molar refractivity (Wildman–Crippen MR) is 99.7 cm³/mol. The first kappa shape index (κ1) is 18.0. The van der Waals surface area contributed by atoms with Crippen LogP contribution in [0.3, 0.4) is 0 Å².